The average Bonchev–Trinajstić information content (AvgIpc) is 2.55. The van der Waals surface area contributed by atoms with Crippen LogP contribution >= 0.6 is 0 Å². The average molecular weight is 320 g/mol. The fraction of sp³-hybridized carbons (Fsp3) is 0.579. The zero-order chi connectivity index (χ0) is 17.1. The molecule has 0 aromatic heterocycles. The highest BCUT2D eigenvalue weighted by Crippen LogP contribution is 2.15. The molecule has 0 radical (unpaired) electrons. The second-order valence-corrected chi connectivity index (χ2v) is 6.11. The maximum atomic E-state index is 12.0. The first-order valence-electron chi connectivity index (χ1n) is 8.55. The van der Waals surface area contributed by atoms with Crippen molar-refractivity contribution in [2.45, 2.75) is 58.8 Å². The van der Waals surface area contributed by atoms with Gasteiger partial charge in [0.1, 0.15) is 0 Å². The Hall–Kier alpha value is -1.84. The van der Waals surface area contributed by atoms with E-state index in [1.807, 2.05) is 0 Å². The molecule has 128 valence electrons. The SMILES string of the molecule is CCCCCCCCC(C)COC(=O)c1ccccc1C(=O)O. The zero-order valence-corrected chi connectivity index (χ0v) is 14.2. The molecule has 0 spiro atoms. The quantitative estimate of drug-likeness (QED) is 0.464. The van der Waals surface area contributed by atoms with Crippen LogP contribution in [0.1, 0.15) is 79.5 Å². The number of hydrogen-bond donors (Lipinski definition) is 1. The molecule has 1 N–H and O–H groups in total. The molecule has 0 bridgehead atoms. The minimum Gasteiger partial charge on any atom is -0.478 e. The van der Waals surface area contributed by atoms with E-state index in [0.717, 1.165) is 12.8 Å². The van der Waals surface area contributed by atoms with Crippen LogP contribution in [0.25, 0.3) is 0 Å². The number of benzene rings is 1. The van der Waals surface area contributed by atoms with Crippen molar-refractivity contribution in [3.05, 3.63) is 35.4 Å². The van der Waals surface area contributed by atoms with Crippen LogP contribution in [-0.4, -0.2) is 23.7 Å². The number of aromatic carboxylic acids is 1. The summed E-state index contributed by atoms with van der Waals surface area (Å²) in [6.45, 7) is 4.60. The smallest absolute Gasteiger partial charge is 0.339 e. The number of carbonyl (C=O) groups is 2. The summed E-state index contributed by atoms with van der Waals surface area (Å²) in [6.07, 6.45) is 8.52. The Morgan fingerprint density at radius 1 is 1.04 bits per heavy atom. The lowest BCUT2D eigenvalue weighted by Gasteiger charge is -2.12. The molecule has 23 heavy (non-hydrogen) atoms. The van der Waals surface area contributed by atoms with E-state index >= 15 is 0 Å². The van der Waals surface area contributed by atoms with E-state index in [4.69, 9.17) is 9.84 Å². The monoisotopic (exact) mass is 320 g/mol. The molecule has 1 aromatic rings. The Balaban J connectivity index is 2.32. The number of rotatable bonds is 11. The number of carboxylic acid groups (broad SMARTS) is 1. The van der Waals surface area contributed by atoms with E-state index in [2.05, 4.69) is 13.8 Å². The third kappa shape index (κ3) is 7.31. The summed E-state index contributed by atoms with van der Waals surface area (Å²) >= 11 is 0. The van der Waals surface area contributed by atoms with Crippen LogP contribution in [0.5, 0.6) is 0 Å². The summed E-state index contributed by atoms with van der Waals surface area (Å²) in [5.41, 5.74) is 0.104. The molecule has 0 fully saturated rings. The molecule has 1 atom stereocenters. The van der Waals surface area contributed by atoms with Crippen molar-refractivity contribution < 1.29 is 19.4 Å². The summed E-state index contributed by atoms with van der Waals surface area (Å²) < 4.78 is 5.27. The first kappa shape index (κ1) is 19.2. The van der Waals surface area contributed by atoms with Gasteiger partial charge in [0.25, 0.3) is 0 Å². The summed E-state index contributed by atoms with van der Waals surface area (Å²) in [6, 6.07) is 6.15. The molecular formula is C19H28O4. The molecule has 1 unspecified atom stereocenters. The topological polar surface area (TPSA) is 63.6 Å². The number of carboxylic acids is 1. The highest BCUT2D eigenvalue weighted by molar-refractivity contribution is 6.02. The predicted octanol–water partition coefficient (Wildman–Crippen LogP) is 4.93. The lowest BCUT2D eigenvalue weighted by Crippen LogP contribution is -2.15. The van der Waals surface area contributed by atoms with Gasteiger partial charge in [0.2, 0.25) is 0 Å². The minimum absolute atomic E-state index is 0.0129. The van der Waals surface area contributed by atoms with Crippen LogP contribution in [-0.2, 0) is 4.74 Å². The largest absolute Gasteiger partial charge is 0.478 e. The van der Waals surface area contributed by atoms with Gasteiger partial charge in [-0.05, 0) is 24.5 Å². The first-order valence-corrected chi connectivity index (χ1v) is 8.55. The number of esters is 1. The van der Waals surface area contributed by atoms with E-state index in [1.54, 1.807) is 12.1 Å². The first-order chi connectivity index (χ1) is 11.1. The lowest BCUT2D eigenvalue weighted by molar-refractivity contribution is 0.0434. The van der Waals surface area contributed by atoms with Gasteiger partial charge >= 0.3 is 11.9 Å². The maximum Gasteiger partial charge on any atom is 0.339 e. The molecule has 0 aliphatic carbocycles. The molecule has 0 saturated carbocycles. The number of carbonyl (C=O) groups excluding carboxylic acids is 1. The second kappa shape index (κ2) is 10.8. The van der Waals surface area contributed by atoms with E-state index in [9.17, 15) is 9.59 Å². The molecule has 0 amide bonds. The van der Waals surface area contributed by atoms with Gasteiger partial charge in [-0.15, -0.1) is 0 Å². The maximum absolute atomic E-state index is 12.0. The second-order valence-electron chi connectivity index (χ2n) is 6.11. The van der Waals surface area contributed by atoms with Crippen LogP contribution in [0.3, 0.4) is 0 Å². The molecule has 0 aliphatic rings. The molecule has 0 aliphatic heterocycles. The normalized spacial score (nSPS) is 11.9. The van der Waals surface area contributed by atoms with Crippen molar-refractivity contribution in [3.8, 4) is 0 Å². The third-order valence-corrected chi connectivity index (χ3v) is 3.93. The number of unbranched alkanes of at least 4 members (excludes halogenated alkanes) is 5. The van der Waals surface area contributed by atoms with Crippen molar-refractivity contribution in [1.29, 1.82) is 0 Å². The summed E-state index contributed by atoms with van der Waals surface area (Å²) in [5.74, 6) is -1.38. The van der Waals surface area contributed by atoms with Gasteiger partial charge in [0.15, 0.2) is 0 Å². The van der Waals surface area contributed by atoms with Crippen molar-refractivity contribution >= 4 is 11.9 Å². The highest BCUT2D eigenvalue weighted by atomic mass is 16.5. The minimum atomic E-state index is -1.11. The Morgan fingerprint density at radius 3 is 2.30 bits per heavy atom. The molecule has 1 aromatic carbocycles. The Labute approximate surface area is 138 Å². The molecule has 1 rings (SSSR count). The Bertz CT molecular complexity index is 496. The predicted molar refractivity (Wildman–Crippen MR) is 90.8 cm³/mol. The Morgan fingerprint density at radius 2 is 1.65 bits per heavy atom. The number of hydrogen-bond acceptors (Lipinski definition) is 3. The molecule has 0 saturated heterocycles. The van der Waals surface area contributed by atoms with Crippen molar-refractivity contribution in [2.24, 2.45) is 5.92 Å². The van der Waals surface area contributed by atoms with Gasteiger partial charge in [-0.1, -0.05) is 64.5 Å². The summed E-state index contributed by atoms with van der Waals surface area (Å²) in [4.78, 5) is 23.1. The van der Waals surface area contributed by atoms with Gasteiger partial charge in [-0.25, -0.2) is 9.59 Å². The van der Waals surface area contributed by atoms with E-state index in [-0.39, 0.29) is 11.1 Å². The highest BCUT2D eigenvalue weighted by Gasteiger charge is 2.17. The fourth-order valence-corrected chi connectivity index (χ4v) is 2.50. The van der Waals surface area contributed by atoms with Gasteiger partial charge in [-0.2, -0.15) is 0 Å². The van der Waals surface area contributed by atoms with Gasteiger partial charge in [0.05, 0.1) is 17.7 Å². The summed E-state index contributed by atoms with van der Waals surface area (Å²) in [5, 5.41) is 9.09. The van der Waals surface area contributed by atoms with Gasteiger partial charge in [0, 0.05) is 0 Å². The third-order valence-electron chi connectivity index (χ3n) is 3.93. The molecule has 4 heteroatoms. The van der Waals surface area contributed by atoms with Crippen LogP contribution in [0.15, 0.2) is 24.3 Å². The zero-order valence-electron chi connectivity index (χ0n) is 14.2. The van der Waals surface area contributed by atoms with Crippen LogP contribution in [0.4, 0.5) is 0 Å². The van der Waals surface area contributed by atoms with Crippen LogP contribution in [0, 0.1) is 5.92 Å². The fourth-order valence-electron chi connectivity index (χ4n) is 2.50. The van der Waals surface area contributed by atoms with Crippen molar-refractivity contribution in [3.63, 3.8) is 0 Å². The van der Waals surface area contributed by atoms with E-state index in [1.165, 1.54) is 44.2 Å². The van der Waals surface area contributed by atoms with Crippen LogP contribution < -0.4 is 0 Å². The molecular weight excluding hydrogens is 292 g/mol. The van der Waals surface area contributed by atoms with Crippen molar-refractivity contribution in [2.75, 3.05) is 6.61 Å². The van der Waals surface area contributed by atoms with Crippen LogP contribution in [0.2, 0.25) is 0 Å². The van der Waals surface area contributed by atoms with E-state index < -0.39 is 11.9 Å². The van der Waals surface area contributed by atoms with E-state index in [0.29, 0.717) is 12.5 Å². The standard InChI is InChI=1S/C19H28O4/c1-3-4-5-6-7-8-11-15(2)14-23-19(22)17-13-10-9-12-16(17)18(20)21/h9-10,12-13,15H,3-8,11,14H2,1-2H3,(H,20,21). The van der Waals surface area contributed by atoms with Gasteiger partial charge in [-0.3, -0.25) is 0 Å². The molecule has 0 heterocycles. The number of ether oxygens (including phenoxy) is 1. The summed E-state index contributed by atoms with van der Waals surface area (Å²) in [7, 11) is 0. The molecule has 4 nitrogen and oxygen atoms in total. The Kier molecular flexibility index (Phi) is 9.03. The van der Waals surface area contributed by atoms with Gasteiger partial charge < -0.3 is 9.84 Å². The lowest BCUT2D eigenvalue weighted by atomic mass is 10.0. The van der Waals surface area contributed by atoms with Crippen molar-refractivity contribution in [1.82, 2.24) is 0 Å².